The average molecular weight is 278 g/mol. The fourth-order valence-corrected chi connectivity index (χ4v) is 3.13. The Morgan fingerprint density at radius 2 is 2.10 bits per heavy atom. The molecule has 0 spiro atoms. The first-order valence-electron chi connectivity index (χ1n) is 7.90. The van der Waals surface area contributed by atoms with Gasteiger partial charge in [-0.25, -0.2) is 4.39 Å². The van der Waals surface area contributed by atoms with E-state index < -0.39 is 0 Å². The summed E-state index contributed by atoms with van der Waals surface area (Å²) < 4.78 is 13.0. The van der Waals surface area contributed by atoms with E-state index in [-0.39, 0.29) is 5.82 Å². The first kappa shape index (κ1) is 15.5. The summed E-state index contributed by atoms with van der Waals surface area (Å²) in [6, 6.07) is 7.26. The van der Waals surface area contributed by atoms with Gasteiger partial charge in [0.1, 0.15) is 5.82 Å². The molecule has 0 saturated carbocycles. The monoisotopic (exact) mass is 278 g/mol. The second kappa shape index (κ2) is 7.75. The van der Waals surface area contributed by atoms with Crippen molar-refractivity contribution in [1.29, 1.82) is 0 Å². The van der Waals surface area contributed by atoms with Crippen molar-refractivity contribution >= 4 is 0 Å². The Labute approximate surface area is 122 Å². The van der Waals surface area contributed by atoms with Crippen molar-refractivity contribution in [3.63, 3.8) is 0 Å². The van der Waals surface area contributed by atoms with Crippen molar-refractivity contribution in [3.05, 3.63) is 35.6 Å². The van der Waals surface area contributed by atoms with Crippen LogP contribution in [0.2, 0.25) is 0 Å². The molecule has 1 N–H and O–H groups in total. The predicted octanol–water partition coefficient (Wildman–Crippen LogP) is 3.60. The first-order chi connectivity index (χ1) is 9.69. The topological polar surface area (TPSA) is 15.3 Å². The third-order valence-corrected chi connectivity index (χ3v) is 4.20. The molecule has 0 amide bonds. The van der Waals surface area contributed by atoms with Crippen LogP contribution in [0.4, 0.5) is 4.39 Å². The molecule has 20 heavy (non-hydrogen) atoms. The maximum absolute atomic E-state index is 13.0. The molecule has 1 saturated heterocycles. The van der Waals surface area contributed by atoms with Gasteiger partial charge in [0.05, 0.1) is 0 Å². The lowest BCUT2D eigenvalue weighted by Crippen LogP contribution is -2.36. The highest BCUT2D eigenvalue weighted by molar-refractivity contribution is 5.19. The molecule has 1 fully saturated rings. The van der Waals surface area contributed by atoms with Crippen molar-refractivity contribution < 1.29 is 4.39 Å². The lowest BCUT2D eigenvalue weighted by atomic mass is 9.98. The Morgan fingerprint density at radius 3 is 2.75 bits per heavy atom. The lowest BCUT2D eigenvalue weighted by Gasteiger charge is -2.32. The maximum atomic E-state index is 13.0. The smallest absolute Gasteiger partial charge is 0.123 e. The zero-order valence-corrected chi connectivity index (χ0v) is 12.7. The molecule has 3 heteroatoms. The molecule has 112 valence electrons. The van der Waals surface area contributed by atoms with Gasteiger partial charge in [0.2, 0.25) is 0 Å². The van der Waals surface area contributed by atoms with Crippen molar-refractivity contribution in [2.24, 2.45) is 5.92 Å². The van der Waals surface area contributed by atoms with Gasteiger partial charge in [0, 0.05) is 12.6 Å². The van der Waals surface area contributed by atoms with E-state index in [0.29, 0.717) is 6.04 Å². The Kier molecular flexibility index (Phi) is 5.99. The molecule has 1 aliphatic rings. The number of hydrogen-bond donors (Lipinski definition) is 1. The fourth-order valence-electron chi connectivity index (χ4n) is 3.13. The van der Waals surface area contributed by atoms with Crippen LogP contribution in [0.15, 0.2) is 24.3 Å². The van der Waals surface area contributed by atoms with Gasteiger partial charge in [-0.1, -0.05) is 26.0 Å². The fraction of sp³-hybridized carbons (Fsp3) is 0.647. The average Bonchev–Trinajstić information content (AvgIpc) is 2.44. The van der Waals surface area contributed by atoms with E-state index in [2.05, 4.69) is 24.1 Å². The Bertz CT molecular complexity index is 390. The number of hydrogen-bond acceptors (Lipinski definition) is 2. The highest BCUT2D eigenvalue weighted by Crippen LogP contribution is 2.20. The van der Waals surface area contributed by atoms with E-state index in [4.69, 9.17) is 0 Å². The van der Waals surface area contributed by atoms with Gasteiger partial charge < -0.3 is 10.2 Å². The second-order valence-corrected chi connectivity index (χ2v) is 6.00. The summed E-state index contributed by atoms with van der Waals surface area (Å²) in [4.78, 5) is 2.57. The summed E-state index contributed by atoms with van der Waals surface area (Å²) in [6.45, 7) is 8.99. The van der Waals surface area contributed by atoms with Crippen molar-refractivity contribution in [2.45, 2.75) is 39.2 Å². The standard InChI is InChI=1S/C17H27FN2/c1-3-19-17(15-6-8-16(18)9-7-15)10-12-20-11-4-5-14(2)13-20/h6-9,14,17,19H,3-5,10-13H2,1-2H3. The van der Waals surface area contributed by atoms with Crippen molar-refractivity contribution in [2.75, 3.05) is 26.2 Å². The number of piperidine rings is 1. The van der Waals surface area contributed by atoms with Crippen LogP contribution in [0.25, 0.3) is 0 Å². The van der Waals surface area contributed by atoms with Crippen LogP contribution >= 0.6 is 0 Å². The van der Waals surface area contributed by atoms with Crippen LogP contribution in [-0.2, 0) is 0 Å². The number of nitrogens with zero attached hydrogens (tertiary/aromatic N) is 1. The van der Waals surface area contributed by atoms with Gasteiger partial charge in [-0.3, -0.25) is 0 Å². The Balaban J connectivity index is 1.90. The van der Waals surface area contributed by atoms with Crippen LogP contribution in [0, 0.1) is 11.7 Å². The van der Waals surface area contributed by atoms with Gasteiger partial charge in [0.25, 0.3) is 0 Å². The van der Waals surface area contributed by atoms with Crippen LogP contribution in [0.1, 0.15) is 44.7 Å². The van der Waals surface area contributed by atoms with Crippen molar-refractivity contribution in [1.82, 2.24) is 10.2 Å². The molecular weight excluding hydrogens is 251 g/mol. The summed E-state index contributed by atoms with van der Waals surface area (Å²) >= 11 is 0. The largest absolute Gasteiger partial charge is 0.310 e. The van der Waals surface area contributed by atoms with E-state index in [0.717, 1.165) is 25.4 Å². The summed E-state index contributed by atoms with van der Waals surface area (Å²) in [5, 5.41) is 3.52. The zero-order valence-electron chi connectivity index (χ0n) is 12.7. The van der Waals surface area contributed by atoms with Gasteiger partial charge in [-0.15, -0.1) is 0 Å². The quantitative estimate of drug-likeness (QED) is 0.855. The van der Waals surface area contributed by atoms with E-state index in [1.807, 2.05) is 12.1 Å². The highest BCUT2D eigenvalue weighted by atomic mass is 19.1. The molecule has 1 aromatic rings. The molecular formula is C17H27FN2. The molecule has 2 nitrogen and oxygen atoms in total. The molecule has 1 aromatic carbocycles. The van der Waals surface area contributed by atoms with E-state index in [9.17, 15) is 4.39 Å². The first-order valence-corrected chi connectivity index (χ1v) is 7.90. The van der Waals surface area contributed by atoms with E-state index in [1.165, 1.54) is 31.5 Å². The lowest BCUT2D eigenvalue weighted by molar-refractivity contribution is 0.176. The van der Waals surface area contributed by atoms with E-state index in [1.54, 1.807) is 12.1 Å². The SMILES string of the molecule is CCNC(CCN1CCCC(C)C1)c1ccc(F)cc1. The molecule has 1 aliphatic heterocycles. The number of rotatable bonds is 6. The van der Waals surface area contributed by atoms with Gasteiger partial charge in [0.15, 0.2) is 0 Å². The summed E-state index contributed by atoms with van der Waals surface area (Å²) in [7, 11) is 0. The normalized spacial score (nSPS) is 21.9. The molecule has 0 bridgehead atoms. The van der Waals surface area contributed by atoms with Crippen molar-refractivity contribution in [3.8, 4) is 0 Å². The van der Waals surface area contributed by atoms with Crippen LogP contribution < -0.4 is 5.32 Å². The third-order valence-electron chi connectivity index (χ3n) is 4.20. The zero-order chi connectivity index (χ0) is 14.4. The third kappa shape index (κ3) is 4.57. The van der Waals surface area contributed by atoms with E-state index >= 15 is 0 Å². The Morgan fingerprint density at radius 1 is 1.35 bits per heavy atom. The van der Waals surface area contributed by atoms with Gasteiger partial charge in [-0.2, -0.15) is 0 Å². The van der Waals surface area contributed by atoms with Gasteiger partial charge in [-0.05, 0) is 62.5 Å². The molecule has 2 atom stereocenters. The number of halogens is 1. The predicted molar refractivity (Wildman–Crippen MR) is 82.3 cm³/mol. The molecule has 0 radical (unpaired) electrons. The second-order valence-electron chi connectivity index (χ2n) is 6.00. The maximum Gasteiger partial charge on any atom is 0.123 e. The molecule has 2 rings (SSSR count). The van der Waals surface area contributed by atoms with Crippen LogP contribution in [0.3, 0.4) is 0 Å². The number of nitrogens with one attached hydrogen (secondary N) is 1. The summed E-state index contributed by atoms with van der Waals surface area (Å²) in [5.41, 5.74) is 1.19. The number of benzene rings is 1. The van der Waals surface area contributed by atoms with Crippen LogP contribution in [-0.4, -0.2) is 31.1 Å². The molecule has 0 aliphatic carbocycles. The summed E-state index contributed by atoms with van der Waals surface area (Å²) in [6.07, 6.45) is 3.78. The molecule has 1 heterocycles. The van der Waals surface area contributed by atoms with Gasteiger partial charge >= 0.3 is 0 Å². The highest BCUT2D eigenvalue weighted by Gasteiger charge is 2.18. The molecule has 2 unspecified atom stereocenters. The Hall–Kier alpha value is -0.930. The van der Waals surface area contributed by atoms with Crippen LogP contribution in [0.5, 0.6) is 0 Å². The summed E-state index contributed by atoms with van der Waals surface area (Å²) in [5.74, 6) is 0.668. The minimum atomic E-state index is -0.158. The minimum Gasteiger partial charge on any atom is -0.310 e. The minimum absolute atomic E-state index is 0.158. The molecule has 0 aromatic heterocycles. The number of likely N-dealkylation sites (tertiary alicyclic amines) is 1.